The van der Waals surface area contributed by atoms with Crippen LogP contribution in [0, 0.1) is 5.92 Å². The molecular weight excluding hydrogens is 204 g/mol. The lowest BCUT2D eigenvalue weighted by atomic mass is 9.83. The van der Waals surface area contributed by atoms with Crippen LogP contribution >= 0.6 is 0 Å². The third kappa shape index (κ3) is 2.22. The van der Waals surface area contributed by atoms with Crippen molar-refractivity contribution in [3.05, 3.63) is 29.6 Å². The van der Waals surface area contributed by atoms with Crippen molar-refractivity contribution in [2.45, 2.75) is 19.3 Å². The fraction of sp³-hybridized carbons (Fsp3) is 0.500. The van der Waals surface area contributed by atoms with E-state index in [1.54, 1.807) is 12.3 Å². The summed E-state index contributed by atoms with van der Waals surface area (Å²) >= 11 is 0. The molecule has 2 N–H and O–H groups in total. The average Bonchev–Trinajstić information content (AvgIpc) is 2.30. The molecule has 0 amide bonds. The van der Waals surface area contributed by atoms with Crippen molar-refractivity contribution in [2.24, 2.45) is 5.92 Å². The highest BCUT2D eigenvalue weighted by Gasteiger charge is 2.23. The Kier molecular flexibility index (Phi) is 3.19. The monoisotopic (exact) mass is 220 g/mol. The Bertz CT molecular complexity index is 392. The van der Waals surface area contributed by atoms with Gasteiger partial charge < -0.3 is 10.4 Å². The smallest absolute Gasteiger partial charge is 0.337 e. The summed E-state index contributed by atoms with van der Waals surface area (Å²) in [6.07, 6.45) is 4.24. The minimum atomic E-state index is -0.907. The van der Waals surface area contributed by atoms with Crippen LogP contribution in [0.2, 0.25) is 0 Å². The number of carbonyl (C=O) groups is 1. The lowest BCUT2D eigenvalue weighted by Gasteiger charge is -2.29. The summed E-state index contributed by atoms with van der Waals surface area (Å²) in [5.74, 6) is 0.0450. The van der Waals surface area contributed by atoms with E-state index in [9.17, 15) is 4.79 Å². The predicted molar refractivity (Wildman–Crippen MR) is 60.6 cm³/mol. The van der Waals surface area contributed by atoms with Crippen LogP contribution in [0.25, 0.3) is 0 Å². The molecule has 2 rings (SSSR count). The van der Waals surface area contributed by atoms with E-state index >= 15 is 0 Å². The molecule has 1 aliphatic rings. The van der Waals surface area contributed by atoms with Crippen molar-refractivity contribution >= 4 is 5.97 Å². The average molecular weight is 220 g/mol. The van der Waals surface area contributed by atoms with Crippen LogP contribution in [0.5, 0.6) is 0 Å². The van der Waals surface area contributed by atoms with Crippen LogP contribution < -0.4 is 5.32 Å². The summed E-state index contributed by atoms with van der Waals surface area (Å²) in [7, 11) is 0. The SMILES string of the molecule is C[C@H]1CNCC[C@H]1c1cncc(C(=O)O)c1. The lowest BCUT2D eigenvalue weighted by molar-refractivity contribution is 0.0696. The Morgan fingerprint density at radius 2 is 2.38 bits per heavy atom. The second-order valence-corrected chi connectivity index (χ2v) is 4.39. The normalized spacial score (nSPS) is 25.3. The summed E-state index contributed by atoms with van der Waals surface area (Å²) in [5.41, 5.74) is 1.33. The number of piperidine rings is 1. The van der Waals surface area contributed by atoms with Gasteiger partial charge in [-0.05, 0) is 43.0 Å². The third-order valence-corrected chi connectivity index (χ3v) is 3.22. The van der Waals surface area contributed by atoms with Gasteiger partial charge in [0, 0.05) is 12.4 Å². The number of carboxylic acid groups (broad SMARTS) is 1. The number of nitrogens with zero attached hydrogens (tertiary/aromatic N) is 1. The van der Waals surface area contributed by atoms with Crippen molar-refractivity contribution < 1.29 is 9.90 Å². The van der Waals surface area contributed by atoms with Gasteiger partial charge in [0.2, 0.25) is 0 Å². The summed E-state index contributed by atoms with van der Waals surface area (Å²) in [4.78, 5) is 14.9. The Hall–Kier alpha value is -1.42. The molecule has 1 saturated heterocycles. The molecule has 2 atom stereocenters. The molecule has 0 aromatic carbocycles. The number of nitrogens with one attached hydrogen (secondary N) is 1. The number of hydrogen-bond donors (Lipinski definition) is 2. The highest BCUT2D eigenvalue weighted by molar-refractivity contribution is 5.87. The van der Waals surface area contributed by atoms with Crippen LogP contribution in [0.15, 0.2) is 18.5 Å². The molecule has 86 valence electrons. The van der Waals surface area contributed by atoms with E-state index in [1.165, 1.54) is 6.20 Å². The molecule has 4 heteroatoms. The van der Waals surface area contributed by atoms with Gasteiger partial charge in [-0.1, -0.05) is 6.92 Å². The molecular formula is C12H16N2O2. The molecule has 0 bridgehead atoms. The Morgan fingerprint density at radius 1 is 1.56 bits per heavy atom. The van der Waals surface area contributed by atoms with Gasteiger partial charge in [-0.15, -0.1) is 0 Å². The molecule has 4 nitrogen and oxygen atoms in total. The topological polar surface area (TPSA) is 62.2 Å². The quantitative estimate of drug-likeness (QED) is 0.792. The Morgan fingerprint density at radius 3 is 3.06 bits per heavy atom. The van der Waals surface area contributed by atoms with Crippen LogP contribution in [-0.4, -0.2) is 29.1 Å². The highest BCUT2D eigenvalue weighted by Crippen LogP contribution is 2.29. The van der Waals surface area contributed by atoms with Crippen molar-refractivity contribution in [3.8, 4) is 0 Å². The summed E-state index contributed by atoms with van der Waals surface area (Å²) in [5, 5.41) is 12.3. The van der Waals surface area contributed by atoms with E-state index in [1.807, 2.05) is 0 Å². The maximum atomic E-state index is 10.9. The minimum Gasteiger partial charge on any atom is -0.478 e. The molecule has 1 aliphatic heterocycles. The zero-order valence-corrected chi connectivity index (χ0v) is 9.31. The highest BCUT2D eigenvalue weighted by atomic mass is 16.4. The van der Waals surface area contributed by atoms with Crippen molar-refractivity contribution in [2.75, 3.05) is 13.1 Å². The first-order valence-electron chi connectivity index (χ1n) is 5.57. The zero-order valence-electron chi connectivity index (χ0n) is 9.31. The minimum absolute atomic E-state index is 0.281. The Balaban J connectivity index is 2.25. The second-order valence-electron chi connectivity index (χ2n) is 4.39. The fourth-order valence-electron chi connectivity index (χ4n) is 2.29. The van der Waals surface area contributed by atoms with E-state index in [4.69, 9.17) is 5.11 Å². The summed E-state index contributed by atoms with van der Waals surface area (Å²) in [6, 6.07) is 1.75. The standard InChI is InChI=1S/C12H16N2O2/c1-8-5-13-3-2-11(8)9-4-10(12(15)16)7-14-6-9/h4,6-8,11,13H,2-3,5H2,1H3,(H,15,16)/t8-,11+/m0/s1. The second kappa shape index (κ2) is 4.61. The predicted octanol–water partition coefficient (Wildman–Crippen LogP) is 1.49. The number of aromatic carboxylic acids is 1. The number of rotatable bonds is 2. The van der Waals surface area contributed by atoms with Gasteiger partial charge in [0.1, 0.15) is 0 Å². The molecule has 0 unspecified atom stereocenters. The van der Waals surface area contributed by atoms with Gasteiger partial charge in [0.05, 0.1) is 5.56 Å². The molecule has 1 aromatic rings. The van der Waals surface area contributed by atoms with Gasteiger partial charge >= 0.3 is 5.97 Å². The van der Waals surface area contributed by atoms with Gasteiger partial charge in [-0.2, -0.15) is 0 Å². The van der Waals surface area contributed by atoms with Crippen molar-refractivity contribution in [1.29, 1.82) is 0 Å². The van der Waals surface area contributed by atoms with E-state index in [2.05, 4.69) is 17.2 Å². The van der Waals surface area contributed by atoms with Crippen LogP contribution in [0.4, 0.5) is 0 Å². The van der Waals surface area contributed by atoms with Gasteiger partial charge in [-0.25, -0.2) is 4.79 Å². The molecule has 1 fully saturated rings. The molecule has 2 heterocycles. The van der Waals surface area contributed by atoms with Crippen LogP contribution in [0.3, 0.4) is 0 Å². The van der Waals surface area contributed by atoms with Gasteiger partial charge in [0.15, 0.2) is 0 Å². The Labute approximate surface area is 94.7 Å². The summed E-state index contributed by atoms with van der Waals surface area (Å²) in [6.45, 7) is 4.17. The van der Waals surface area contributed by atoms with Gasteiger partial charge in [-0.3, -0.25) is 4.98 Å². The molecule has 0 aliphatic carbocycles. The van der Waals surface area contributed by atoms with Crippen LogP contribution in [-0.2, 0) is 0 Å². The van der Waals surface area contributed by atoms with E-state index in [-0.39, 0.29) is 5.56 Å². The number of pyridine rings is 1. The largest absolute Gasteiger partial charge is 0.478 e. The van der Waals surface area contributed by atoms with E-state index in [0.717, 1.165) is 25.1 Å². The first-order valence-corrected chi connectivity index (χ1v) is 5.57. The van der Waals surface area contributed by atoms with Crippen molar-refractivity contribution in [3.63, 3.8) is 0 Å². The zero-order chi connectivity index (χ0) is 11.5. The van der Waals surface area contributed by atoms with E-state index in [0.29, 0.717) is 11.8 Å². The molecule has 0 saturated carbocycles. The first-order chi connectivity index (χ1) is 7.68. The third-order valence-electron chi connectivity index (χ3n) is 3.22. The molecule has 1 aromatic heterocycles. The van der Waals surface area contributed by atoms with Crippen LogP contribution in [0.1, 0.15) is 35.2 Å². The summed E-state index contributed by atoms with van der Waals surface area (Å²) < 4.78 is 0. The van der Waals surface area contributed by atoms with Crippen molar-refractivity contribution in [1.82, 2.24) is 10.3 Å². The van der Waals surface area contributed by atoms with Gasteiger partial charge in [0.25, 0.3) is 0 Å². The number of hydrogen-bond acceptors (Lipinski definition) is 3. The maximum Gasteiger partial charge on any atom is 0.337 e. The van der Waals surface area contributed by atoms with E-state index < -0.39 is 5.97 Å². The lowest BCUT2D eigenvalue weighted by Crippen LogP contribution is -2.33. The molecule has 16 heavy (non-hydrogen) atoms. The maximum absolute atomic E-state index is 10.9. The number of carboxylic acids is 1. The fourth-order valence-corrected chi connectivity index (χ4v) is 2.29. The molecule has 0 spiro atoms. The number of aromatic nitrogens is 1. The molecule has 0 radical (unpaired) electrons. The first kappa shape index (κ1) is 11.1.